The summed E-state index contributed by atoms with van der Waals surface area (Å²) in [5, 5.41) is 24.1. The molecule has 0 aromatic carbocycles. The first-order valence-corrected chi connectivity index (χ1v) is 6.05. The molecule has 1 heterocycles. The fraction of sp³-hybridized carbons (Fsp3) is 0.545. The molecule has 0 aliphatic rings. The van der Waals surface area contributed by atoms with E-state index in [0.717, 1.165) is 10.4 Å². The highest BCUT2D eigenvalue weighted by atomic mass is 32.1. The normalized spacial score (nSPS) is 14.5. The van der Waals surface area contributed by atoms with Crippen molar-refractivity contribution in [3.05, 3.63) is 21.9 Å². The minimum atomic E-state index is -0.875. The van der Waals surface area contributed by atoms with Crippen molar-refractivity contribution in [2.45, 2.75) is 32.5 Å². The Bertz CT molecular complexity index is 351. The highest BCUT2D eigenvalue weighted by Crippen LogP contribution is 2.25. The van der Waals surface area contributed by atoms with Gasteiger partial charge in [0, 0.05) is 18.3 Å². The topological polar surface area (TPSA) is 69.6 Å². The standard InChI is InChI=1S/C11H17NO3S/c1-7-9(4-6-16-7)11(15)10(14)3-5-12-8(2)13/h4,6,10-11,14-15H,3,5H2,1-2H3,(H,12,13). The van der Waals surface area contributed by atoms with Crippen LogP contribution in [0.4, 0.5) is 0 Å². The van der Waals surface area contributed by atoms with Gasteiger partial charge >= 0.3 is 0 Å². The lowest BCUT2D eigenvalue weighted by molar-refractivity contribution is -0.119. The predicted molar refractivity (Wildman–Crippen MR) is 63.3 cm³/mol. The lowest BCUT2D eigenvalue weighted by atomic mass is 10.0. The first-order valence-electron chi connectivity index (χ1n) is 5.17. The minimum Gasteiger partial charge on any atom is -0.390 e. The first kappa shape index (κ1) is 13.2. The van der Waals surface area contributed by atoms with E-state index < -0.39 is 12.2 Å². The molecule has 0 saturated heterocycles. The summed E-state index contributed by atoms with van der Waals surface area (Å²) in [7, 11) is 0. The van der Waals surface area contributed by atoms with Gasteiger partial charge in [0.25, 0.3) is 0 Å². The van der Waals surface area contributed by atoms with Crippen LogP contribution in [-0.2, 0) is 4.79 Å². The second-order valence-electron chi connectivity index (χ2n) is 3.72. The highest BCUT2D eigenvalue weighted by molar-refractivity contribution is 7.10. The molecule has 0 fully saturated rings. The van der Waals surface area contributed by atoms with Gasteiger partial charge in [0.2, 0.25) is 5.91 Å². The van der Waals surface area contributed by atoms with Crippen LogP contribution < -0.4 is 5.32 Å². The number of aryl methyl sites for hydroxylation is 1. The number of carbonyl (C=O) groups excluding carboxylic acids is 1. The van der Waals surface area contributed by atoms with Crippen molar-refractivity contribution in [2.24, 2.45) is 0 Å². The smallest absolute Gasteiger partial charge is 0.216 e. The number of aliphatic hydroxyl groups is 2. The van der Waals surface area contributed by atoms with Crippen LogP contribution in [0.1, 0.15) is 29.9 Å². The molecule has 2 atom stereocenters. The Morgan fingerprint density at radius 3 is 2.75 bits per heavy atom. The van der Waals surface area contributed by atoms with Crippen molar-refractivity contribution >= 4 is 17.2 Å². The van der Waals surface area contributed by atoms with Crippen molar-refractivity contribution in [3.8, 4) is 0 Å². The number of nitrogens with one attached hydrogen (secondary N) is 1. The third kappa shape index (κ3) is 3.59. The molecule has 0 spiro atoms. The lowest BCUT2D eigenvalue weighted by Crippen LogP contribution is -2.27. The maximum Gasteiger partial charge on any atom is 0.216 e. The molecule has 0 radical (unpaired) electrons. The summed E-state index contributed by atoms with van der Waals surface area (Å²) in [5.41, 5.74) is 0.764. The van der Waals surface area contributed by atoms with Crippen LogP contribution in [-0.4, -0.2) is 28.8 Å². The Kier molecular flexibility index (Phi) is 4.92. The number of thiophene rings is 1. The van der Waals surface area contributed by atoms with Crippen molar-refractivity contribution in [1.82, 2.24) is 5.32 Å². The maximum atomic E-state index is 10.6. The molecule has 4 nitrogen and oxygen atoms in total. The first-order chi connectivity index (χ1) is 7.52. The van der Waals surface area contributed by atoms with Crippen molar-refractivity contribution in [3.63, 3.8) is 0 Å². The fourth-order valence-electron chi connectivity index (χ4n) is 1.46. The average Bonchev–Trinajstić information content (AvgIpc) is 2.62. The van der Waals surface area contributed by atoms with Crippen LogP contribution in [0.3, 0.4) is 0 Å². The average molecular weight is 243 g/mol. The van der Waals surface area contributed by atoms with Crippen molar-refractivity contribution in [1.29, 1.82) is 0 Å². The molecular formula is C11H17NO3S. The van der Waals surface area contributed by atoms with E-state index in [-0.39, 0.29) is 5.91 Å². The second-order valence-corrected chi connectivity index (χ2v) is 4.84. The van der Waals surface area contributed by atoms with Gasteiger partial charge in [-0.05, 0) is 30.4 Å². The number of hydrogen-bond donors (Lipinski definition) is 3. The Morgan fingerprint density at radius 1 is 1.56 bits per heavy atom. The highest BCUT2D eigenvalue weighted by Gasteiger charge is 2.20. The quantitative estimate of drug-likeness (QED) is 0.722. The Balaban J connectivity index is 2.45. The van der Waals surface area contributed by atoms with E-state index in [9.17, 15) is 15.0 Å². The fourth-order valence-corrected chi connectivity index (χ4v) is 2.21. The Hall–Kier alpha value is -0.910. The van der Waals surface area contributed by atoms with Gasteiger partial charge in [0.15, 0.2) is 0 Å². The molecule has 0 saturated carbocycles. The molecule has 3 N–H and O–H groups in total. The van der Waals surface area contributed by atoms with E-state index in [1.54, 1.807) is 0 Å². The lowest BCUT2D eigenvalue weighted by Gasteiger charge is -2.17. The van der Waals surface area contributed by atoms with Crippen LogP contribution in [0.2, 0.25) is 0 Å². The number of rotatable bonds is 5. The molecule has 0 aliphatic heterocycles. The van der Waals surface area contributed by atoms with Gasteiger partial charge in [-0.2, -0.15) is 0 Å². The van der Waals surface area contributed by atoms with Gasteiger partial charge in [-0.3, -0.25) is 4.79 Å². The molecule has 0 aliphatic carbocycles. The van der Waals surface area contributed by atoms with E-state index in [1.807, 2.05) is 18.4 Å². The summed E-state index contributed by atoms with van der Waals surface area (Å²) in [5.74, 6) is -0.131. The van der Waals surface area contributed by atoms with Crippen LogP contribution in [0.5, 0.6) is 0 Å². The third-order valence-corrected chi connectivity index (χ3v) is 3.26. The third-order valence-electron chi connectivity index (χ3n) is 2.40. The number of hydrogen-bond acceptors (Lipinski definition) is 4. The van der Waals surface area contributed by atoms with Crippen LogP contribution in [0, 0.1) is 6.92 Å². The summed E-state index contributed by atoms with van der Waals surface area (Å²) in [4.78, 5) is 11.6. The zero-order chi connectivity index (χ0) is 12.1. The summed E-state index contributed by atoms with van der Waals surface area (Å²) in [6.45, 7) is 3.70. The molecule has 1 aromatic heterocycles. The second kappa shape index (κ2) is 5.98. The van der Waals surface area contributed by atoms with E-state index >= 15 is 0 Å². The molecule has 1 amide bonds. The predicted octanol–water partition coefficient (Wildman–Crippen LogP) is 0.977. The summed E-state index contributed by atoms with van der Waals surface area (Å²) in [6, 6.07) is 1.81. The Morgan fingerprint density at radius 2 is 2.25 bits per heavy atom. The largest absolute Gasteiger partial charge is 0.390 e. The summed E-state index contributed by atoms with van der Waals surface area (Å²) in [6.07, 6.45) is -1.38. The van der Waals surface area contributed by atoms with E-state index in [2.05, 4.69) is 5.32 Å². The molecule has 90 valence electrons. The van der Waals surface area contributed by atoms with Crippen LogP contribution >= 0.6 is 11.3 Å². The van der Waals surface area contributed by atoms with Crippen molar-refractivity contribution in [2.75, 3.05) is 6.54 Å². The maximum absolute atomic E-state index is 10.6. The molecule has 1 rings (SSSR count). The number of carbonyl (C=O) groups is 1. The van der Waals surface area contributed by atoms with Gasteiger partial charge in [0.05, 0.1) is 6.10 Å². The molecule has 0 bridgehead atoms. The molecule has 16 heavy (non-hydrogen) atoms. The Labute approximate surface area is 98.9 Å². The number of aliphatic hydroxyl groups excluding tert-OH is 2. The number of amides is 1. The summed E-state index contributed by atoms with van der Waals surface area (Å²) < 4.78 is 0. The van der Waals surface area contributed by atoms with E-state index in [1.165, 1.54) is 18.3 Å². The molecule has 5 heteroatoms. The van der Waals surface area contributed by atoms with Gasteiger partial charge in [-0.25, -0.2) is 0 Å². The van der Waals surface area contributed by atoms with E-state index in [4.69, 9.17) is 0 Å². The van der Waals surface area contributed by atoms with Gasteiger partial charge < -0.3 is 15.5 Å². The molecule has 1 aromatic rings. The molecular weight excluding hydrogens is 226 g/mol. The zero-order valence-corrected chi connectivity index (χ0v) is 10.3. The van der Waals surface area contributed by atoms with E-state index in [0.29, 0.717) is 13.0 Å². The minimum absolute atomic E-state index is 0.131. The van der Waals surface area contributed by atoms with Gasteiger partial charge in [-0.15, -0.1) is 11.3 Å². The van der Waals surface area contributed by atoms with Crippen LogP contribution in [0.15, 0.2) is 11.4 Å². The zero-order valence-electron chi connectivity index (χ0n) is 9.43. The SMILES string of the molecule is CC(=O)NCCC(O)C(O)c1ccsc1C. The van der Waals surface area contributed by atoms with Crippen LogP contribution in [0.25, 0.3) is 0 Å². The van der Waals surface area contributed by atoms with Gasteiger partial charge in [0.1, 0.15) is 6.10 Å². The summed E-state index contributed by atoms with van der Waals surface area (Å²) >= 11 is 1.54. The van der Waals surface area contributed by atoms with Gasteiger partial charge in [-0.1, -0.05) is 0 Å². The molecule has 2 unspecified atom stereocenters. The van der Waals surface area contributed by atoms with Crippen molar-refractivity contribution < 1.29 is 15.0 Å². The monoisotopic (exact) mass is 243 g/mol.